The first-order valence-electron chi connectivity index (χ1n) is 8.00. The van der Waals surface area contributed by atoms with Gasteiger partial charge in [0.05, 0.1) is 11.5 Å². The lowest BCUT2D eigenvalue weighted by Gasteiger charge is -2.29. The van der Waals surface area contributed by atoms with Crippen molar-refractivity contribution in [2.75, 3.05) is 7.05 Å². The summed E-state index contributed by atoms with van der Waals surface area (Å²) in [4.78, 5) is 18.7. The van der Waals surface area contributed by atoms with E-state index in [4.69, 9.17) is 0 Å². The fourth-order valence-corrected chi connectivity index (χ4v) is 3.57. The molecule has 2 saturated carbocycles. The molecule has 2 aromatic rings. The van der Waals surface area contributed by atoms with Crippen LogP contribution in [-0.4, -0.2) is 22.8 Å². The zero-order valence-corrected chi connectivity index (χ0v) is 13.1. The number of halogens is 1. The Kier molecular flexibility index (Phi) is 3.05. The average molecular weight is 310 g/mol. The predicted octanol–water partition coefficient (Wildman–Crippen LogP) is 3.41. The largest absolute Gasteiger partial charge is 0.336 e. The summed E-state index contributed by atoms with van der Waals surface area (Å²) in [5.41, 5.74) is -0.137. The van der Waals surface area contributed by atoms with Crippen molar-refractivity contribution in [2.24, 2.45) is 5.92 Å². The van der Waals surface area contributed by atoms with E-state index < -0.39 is 11.6 Å². The van der Waals surface area contributed by atoms with E-state index in [1.807, 2.05) is 36.5 Å². The Hall–Kier alpha value is -2.23. The lowest BCUT2D eigenvalue weighted by molar-refractivity contribution is -0.135. The molecule has 1 aromatic carbocycles. The summed E-state index contributed by atoms with van der Waals surface area (Å²) in [6.45, 7) is 0. The van der Waals surface area contributed by atoms with Crippen LogP contribution < -0.4 is 0 Å². The van der Waals surface area contributed by atoms with Crippen LogP contribution in [0.3, 0.4) is 0 Å². The second-order valence-corrected chi connectivity index (χ2v) is 6.66. The summed E-state index contributed by atoms with van der Waals surface area (Å²) in [5, 5.41) is 0. The second-order valence-electron chi connectivity index (χ2n) is 6.66. The Morgan fingerprint density at radius 2 is 1.87 bits per heavy atom. The average Bonchev–Trinajstić information content (AvgIpc) is 3.51. The Morgan fingerprint density at radius 1 is 1.17 bits per heavy atom. The number of aromatic nitrogens is 1. The Bertz CT molecular complexity index is 730. The smallest absolute Gasteiger partial charge is 0.229 e. The van der Waals surface area contributed by atoms with Crippen molar-refractivity contribution < 1.29 is 9.18 Å². The normalized spacial score (nSPS) is 27.3. The van der Waals surface area contributed by atoms with E-state index >= 15 is 4.39 Å². The molecule has 0 saturated heterocycles. The van der Waals surface area contributed by atoms with Crippen molar-refractivity contribution in [1.29, 1.82) is 0 Å². The molecule has 118 valence electrons. The van der Waals surface area contributed by atoms with Crippen molar-refractivity contribution in [2.45, 2.75) is 30.5 Å². The molecule has 0 N–H and O–H groups in total. The Balaban J connectivity index is 1.55. The number of nitrogens with zero attached hydrogens (tertiary/aromatic N) is 2. The minimum atomic E-state index is -1.50. The monoisotopic (exact) mass is 310 g/mol. The molecule has 0 spiro atoms. The molecule has 23 heavy (non-hydrogen) atoms. The van der Waals surface area contributed by atoms with Gasteiger partial charge in [0.1, 0.15) is 5.67 Å². The fraction of sp³-hybridized carbons (Fsp3) is 0.368. The minimum absolute atomic E-state index is 0.0993. The highest BCUT2D eigenvalue weighted by molar-refractivity contribution is 5.85. The molecule has 0 bridgehead atoms. The highest BCUT2D eigenvalue weighted by Gasteiger charge is 2.63. The van der Waals surface area contributed by atoms with E-state index in [0.717, 1.165) is 18.4 Å². The van der Waals surface area contributed by atoms with Crippen molar-refractivity contribution in [3.8, 4) is 0 Å². The van der Waals surface area contributed by atoms with Crippen LogP contribution in [0, 0.1) is 5.92 Å². The third kappa shape index (κ3) is 2.16. The highest BCUT2D eigenvalue weighted by Crippen LogP contribution is 2.59. The number of amides is 1. The van der Waals surface area contributed by atoms with E-state index in [1.165, 1.54) is 0 Å². The zero-order valence-electron chi connectivity index (χ0n) is 13.1. The van der Waals surface area contributed by atoms with Crippen molar-refractivity contribution >= 4 is 5.91 Å². The van der Waals surface area contributed by atoms with Crippen LogP contribution in [0.4, 0.5) is 4.39 Å². The quantitative estimate of drug-likeness (QED) is 0.867. The number of alkyl halides is 1. The minimum Gasteiger partial charge on any atom is -0.336 e. The van der Waals surface area contributed by atoms with E-state index in [1.54, 1.807) is 30.3 Å². The maximum Gasteiger partial charge on any atom is 0.229 e. The molecule has 1 aromatic heterocycles. The molecule has 0 aliphatic heterocycles. The van der Waals surface area contributed by atoms with Crippen LogP contribution in [0.5, 0.6) is 0 Å². The number of benzene rings is 1. The molecule has 4 rings (SSSR count). The molecular formula is C19H19FN2O. The van der Waals surface area contributed by atoms with Crippen LogP contribution in [-0.2, 0) is 16.0 Å². The highest BCUT2D eigenvalue weighted by atomic mass is 19.1. The van der Waals surface area contributed by atoms with Gasteiger partial charge in [-0.15, -0.1) is 0 Å². The molecule has 2 aliphatic carbocycles. The van der Waals surface area contributed by atoms with Gasteiger partial charge in [0.2, 0.25) is 5.91 Å². The van der Waals surface area contributed by atoms with Crippen LogP contribution in [0.2, 0.25) is 0 Å². The molecular weight excluding hydrogens is 291 g/mol. The molecule has 2 fully saturated rings. The lowest BCUT2D eigenvalue weighted by atomic mass is 10.0. The summed E-state index contributed by atoms with van der Waals surface area (Å²) < 4.78 is 15.1. The number of carbonyl (C=O) groups is 1. The molecule has 1 amide bonds. The Labute approximate surface area is 135 Å². The molecule has 4 heteroatoms. The molecule has 0 radical (unpaired) electrons. The number of rotatable bonds is 4. The summed E-state index contributed by atoms with van der Waals surface area (Å²) >= 11 is 0. The number of pyridine rings is 1. The van der Waals surface area contributed by atoms with Gasteiger partial charge in [-0.05, 0) is 30.0 Å². The molecule has 2 atom stereocenters. The van der Waals surface area contributed by atoms with Crippen molar-refractivity contribution in [3.05, 3.63) is 66.0 Å². The first-order chi connectivity index (χ1) is 11.1. The lowest BCUT2D eigenvalue weighted by Crippen LogP contribution is -2.39. The first-order valence-corrected chi connectivity index (χ1v) is 8.00. The van der Waals surface area contributed by atoms with Crippen LogP contribution in [0.15, 0.2) is 54.9 Å². The molecule has 1 heterocycles. The summed E-state index contributed by atoms with van der Waals surface area (Å²) in [6, 6.07) is 12.9. The SMILES string of the molecule is CN(C(=O)C1CC1(F)c1ccccc1)C1(c2cccnc2)CC1. The third-order valence-corrected chi connectivity index (χ3v) is 5.34. The van der Waals surface area contributed by atoms with E-state index in [0.29, 0.717) is 5.56 Å². The van der Waals surface area contributed by atoms with E-state index in [2.05, 4.69) is 4.98 Å². The maximum absolute atomic E-state index is 15.1. The van der Waals surface area contributed by atoms with Crippen LogP contribution in [0.25, 0.3) is 0 Å². The van der Waals surface area contributed by atoms with Gasteiger partial charge in [0, 0.05) is 25.9 Å². The second kappa shape index (κ2) is 4.88. The summed E-state index contributed by atoms with van der Waals surface area (Å²) in [7, 11) is 1.80. The first kappa shape index (κ1) is 14.4. The van der Waals surface area contributed by atoms with E-state index in [9.17, 15) is 4.79 Å². The molecule has 2 aliphatic rings. The summed E-state index contributed by atoms with van der Waals surface area (Å²) in [6.07, 6.45) is 5.65. The van der Waals surface area contributed by atoms with Gasteiger partial charge in [-0.25, -0.2) is 4.39 Å². The maximum atomic E-state index is 15.1. The van der Waals surface area contributed by atoms with Crippen LogP contribution in [0.1, 0.15) is 30.4 Å². The number of carbonyl (C=O) groups excluding carboxylic acids is 1. The zero-order chi connectivity index (χ0) is 16.1. The van der Waals surface area contributed by atoms with Crippen molar-refractivity contribution in [1.82, 2.24) is 9.88 Å². The summed E-state index contributed by atoms with van der Waals surface area (Å²) in [5.74, 6) is -0.665. The predicted molar refractivity (Wildman–Crippen MR) is 85.3 cm³/mol. The van der Waals surface area contributed by atoms with Crippen LogP contribution >= 0.6 is 0 Å². The van der Waals surface area contributed by atoms with Gasteiger partial charge in [-0.1, -0.05) is 36.4 Å². The Morgan fingerprint density at radius 3 is 2.48 bits per heavy atom. The third-order valence-electron chi connectivity index (χ3n) is 5.34. The van der Waals surface area contributed by atoms with E-state index in [-0.39, 0.29) is 17.9 Å². The number of hydrogen-bond acceptors (Lipinski definition) is 2. The van der Waals surface area contributed by atoms with Gasteiger partial charge in [0.15, 0.2) is 0 Å². The molecule has 3 nitrogen and oxygen atoms in total. The van der Waals surface area contributed by atoms with Crippen molar-refractivity contribution in [3.63, 3.8) is 0 Å². The molecule has 2 unspecified atom stereocenters. The standard InChI is InChI=1S/C19H19FN2O/c1-22(18(9-10-18)15-8-5-11-21-13-15)17(23)16-12-19(16,20)14-6-3-2-4-7-14/h2-8,11,13,16H,9-10,12H2,1H3. The topological polar surface area (TPSA) is 33.2 Å². The van der Waals surface area contributed by atoms with Gasteiger partial charge in [0.25, 0.3) is 0 Å². The number of hydrogen-bond donors (Lipinski definition) is 0. The van der Waals surface area contributed by atoms with Gasteiger partial charge in [-0.2, -0.15) is 0 Å². The van der Waals surface area contributed by atoms with Gasteiger partial charge in [-0.3, -0.25) is 9.78 Å². The van der Waals surface area contributed by atoms with Gasteiger partial charge < -0.3 is 4.90 Å². The van der Waals surface area contributed by atoms with Gasteiger partial charge >= 0.3 is 0 Å². The fourth-order valence-electron chi connectivity index (χ4n) is 3.57.